The van der Waals surface area contributed by atoms with Crippen LogP contribution in [0.2, 0.25) is 0 Å². The number of nitrogens with zero attached hydrogens (tertiary/aromatic N) is 3. The van der Waals surface area contributed by atoms with Gasteiger partial charge >= 0.3 is 5.97 Å². The van der Waals surface area contributed by atoms with Gasteiger partial charge in [-0.05, 0) is 6.42 Å². The van der Waals surface area contributed by atoms with E-state index in [0.717, 1.165) is 4.68 Å². The van der Waals surface area contributed by atoms with Gasteiger partial charge in [-0.2, -0.15) is 0 Å². The summed E-state index contributed by atoms with van der Waals surface area (Å²) in [6, 6.07) is 0.993. The summed E-state index contributed by atoms with van der Waals surface area (Å²) in [7, 11) is 0. The van der Waals surface area contributed by atoms with Crippen LogP contribution < -0.4 is 0 Å². The fourth-order valence-electron chi connectivity index (χ4n) is 1.74. The van der Waals surface area contributed by atoms with Crippen molar-refractivity contribution in [1.29, 1.82) is 0 Å². The molecule has 0 aliphatic rings. The fourth-order valence-corrected chi connectivity index (χ4v) is 1.74. The van der Waals surface area contributed by atoms with Gasteiger partial charge in [0.2, 0.25) is 0 Å². The highest BCUT2D eigenvalue weighted by Gasteiger charge is 2.21. The van der Waals surface area contributed by atoms with Crippen molar-refractivity contribution in [3.05, 3.63) is 41.2 Å². The van der Waals surface area contributed by atoms with E-state index in [1.807, 2.05) is 0 Å². The van der Waals surface area contributed by atoms with Crippen LogP contribution in [-0.2, 0) is 6.42 Å². The highest BCUT2D eigenvalue weighted by molar-refractivity contribution is 5.83. The Kier molecular flexibility index (Phi) is 3.73. The van der Waals surface area contributed by atoms with Crippen molar-refractivity contribution in [2.24, 2.45) is 0 Å². The first-order valence-electron chi connectivity index (χ1n) is 5.78. The predicted molar refractivity (Wildman–Crippen MR) is 62.2 cm³/mol. The molecule has 0 amide bonds. The van der Waals surface area contributed by atoms with Gasteiger partial charge in [0, 0.05) is 18.6 Å². The molecule has 0 unspecified atom stereocenters. The van der Waals surface area contributed by atoms with Crippen molar-refractivity contribution in [3.63, 3.8) is 0 Å². The predicted octanol–water partition coefficient (Wildman–Crippen LogP) is 2.34. The first-order chi connectivity index (χ1) is 9.43. The third-order valence-corrected chi connectivity index (χ3v) is 2.53. The Hall–Kier alpha value is -2.38. The number of rotatable bonds is 4. The largest absolute Gasteiger partial charge is 0.475 e. The Labute approximate surface area is 111 Å². The molecule has 0 aliphatic heterocycles. The minimum atomic E-state index is -1.41. The van der Waals surface area contributed by atoms with Crippen molar-refractivity contribution in [2.45, 2.75) is 19.8 Å². The van der Waals surface area contributed by atoms with Gasteiger partial charge in [0.25, 0.3) is 5.82 Å². The van der Waals surface area contributed by atoms with Crippen LogP contribution in [-0.4, -0.2) is 25.8 Å². The van der Waals surface area contributed by atoms with Crippen molar-refractivity contribution >= 4 is 5.97 Å². The lowest BCUT2D eigenvalue weighted by atomic mass is 10.2. The smallest absolute Gasteiger partial charge is 0.375 e. The molecule has 0 radical (unpaired) electrons. The molecule has 20 heavy (non-hydrogen) atoms. The number of benzene rings is 1. The second kappa shape index (κ2) is 5.32. The standard InChI is InChI=1S/C12H10F3N3O2/c1-2-3-9-16-11(12(19)20)17-18(9)10-7(14)4-6(13)5-8(10)15/h4-5H,2-3H2,1H3,(H,19,20). The van der Waals surface area contributed by atoms with E-state index in [9.17, 15) is 18.0 Å². The molecule has 1 aromatic carbocycles. The second-order valence-electron chi connectivity index (χ2n) is 4.04. The number of aromatic nitrogens is 3. The number of aryl methyl sites for hydroxylation is 1. The molecule has 0 bridgehead atoms. The monoisotopic (exact) mass is 285 g/mol. The summed E-state index contributed by atoms with van der Waals surface area (Å²) in [5.74, 6) is -5.32. The minimum Gasteiger partial charge on any atom is -0.475 e. The van der Waals surface area contributed by atoms with Crippen LogP contribution in [0.4, 0.5) is 13.2 Å². The molecule has 106 valence electrons. The average molecular weight is 285 g/mol. The van der Waals surface area contributed by atoms with Gasteiger partial charge in [-0.3, -0.25) is 0 Å². The van der Waals surface area contributed by atoms with E-state index < -0.39 is 34.9 Å². The summed E-state index contributed by atoms with van der Waals surface area (Å²) in [6.07, 6.45) is 0.846. The van der Waals surface area contributed by atoms with Crippen molar-refractivity contribution in [3.8, 4) is 5.69 Å². The molecular formula is C12H10F3N3O2. The van der Waals surface area contributed by atoms with E-state index in [2.05, 4.69) is 10.1 Å². The van der Waals surface area contributed by atoms with Crippen molar-refractivity contribution < 1.29 is 23.1 Å². The van der Waals surface area contributed by atoms with E-state index >= 15 is 0 Å². The molecule has 0 spiro atoms. The van der Waals surface area contributed by atoms with Crippen LogP contribution in [0.1, 0.15) is 29.8 Å². The van der Waals surface area contributed by atoms with Gasteiger partial charge in [0.1, 0.15) is 17.3 Å². The minimum absolute atomic E-state index is 0.0920. The Bertz CT molecular complexity index is 647. The van der Waals surface area contributed by atoms with Crippen LogP contribution >= 0.6 is 0 Å². The molecule has 1 heterocycles. The van der Waals surface area contributed by atoms with Gasteiger partial charge < -0.3 is 5.11 Å². The molecule has 0 fully saturated rings. The quantitative estimate of drug-likeness (QED) is 0.936. The van der Waals surface area contributed by atoms with Crippen LogP contribution in [0.15, 0.2) is 12.1 Å². The highest BCUT2D eigenvalue weighted by atomic mass is 19.1. The molecule has 0 saturated heterocycles. The van der Waals surface area contributed by atoms with Crippen LogP contribution in [0.25, 0.3) is 5.69 Å². The number of carboxylic acid groups (broad SMARTS) is 1. The number of carboxylic acids is 1. The van der Waals surface area contributed by atoms with E-state index in [1.54, 1.807) is 6.92 Å². The van der Waals surface area contributed by atoms with Crippen LogP contribution in [0.3, 0.4) is 0 Å². The van der Waals surface area contributed by atoms with Crippen LogP contribution in [0, 0.1) is 17.5 Å². The second-order valence-corrected chi connectivity index (χ2v) is 4.04. The summed E-state index contributed by atoms with van der Waals surface area (Å²) in [5, 5.41) is 12.4. The number of hydrogen-bond donors (Lipinski definition) is 1. The molecule has 1 N–H and O–H groups in total. The summed E-state index contributed by atoms with van der Waals surface area (Å²) in [6.45, 7) is 1.79. The normalized spacial score (nSPS) is 10.8. The zero-order valence-electron chi connectivity index (χ0n) is 10.4. The Morgan fingerprint density at radius 1 is 1.30 bits per heavy atom. The number of hydrogen-bond acceptors (Lipinski definition) is 3. The molecular weight excluding hydrogens is 275 g/mol. The van der Waals surface area contributed by atoms with Gasteiger partial charge in [-0.1, -0.05) is 6.92 Å². The first-order valence-corrected chi connectivity index (χ1v) is 5.78. The lowest BCUT2D eigenvalue weighted by Crippen LogP contribution is -2.09. The first kappa shape index (κ1) is 14.0. The SMILES string of the molecule is CCCc1nc(C(=O)O)nn1-c1c(F)cc(F)cc1F. The zero-order chi connectivity index (χ0) is 14.9. The van der Waals surface area contributed by atoms with Gasteiger partial charge in [0.05, 0.1) is 0 Å². The van der Waals surface area contributed by atoms with Crippen molar-refractivity contribution in [2.75, 3.05) is 0 Å². The van der Waals surface area contributed by atoms with E-state index in [-0.39, 0.29) is 12.2 Å². The number of aromatic carboxylic acids is 1. The highest BCUT2D eigenvalue weighted by Crippen LogP contribution is 2.20. The summed E-state index contributed by atoms with van der Waals surface area (Å²) in [4.78, 5) is 14.5. The van der Waals surface area contributed by atoms with Gasteiger partial charge in [-0.25, -0.2) is 27.6 Å². The maximum atomic E-state index is 13.7. The topological polar surface area (TPSA) is 68.0 Å². The molecule has 1 aromatic heterocycles. The Morgan fingerprint density at radius 3 is 2.40 bits per heavy atom. The molecule has 2 aromatic rings. The van der Waals surface area contributed by atoms with E-state index in [1.165, 1.54) is 0 Å². The number of carbonyl (C=O) groups is 1. The third-order valence-electron chi connectivity index (χ3n) is 2.53. The lowest BCUT2D eigenvalue weighted by molar-refractivity contribution is 0.0683. The molecule has 2 rings (SSSR count). The lowest BCUT2D eigenvalue weighted by Gasteiger charge is -2.07. The third kappa shape index (κ3) is 2.49. The molecule has 5 nitrogen and oxygen atoms in total. The van der Waals surface area contributed by atoms with Gasteiger partial charge in [-0.15, -0.1) is 5.10 Å². The zero-order valence-corrected chi connectivity index (χ0v) is 10.4. The molecule has 0 atom stereocenters. The van der Waals surface area contributed by atoms with Gasteiger partial charge in [0.15, 0.2) is 11.6 Å². The number of halogens is 3. The molecule has 8 heteroatoms. The Morgan fingerprint density at radius 2 is 1.90 bits per heavy atom. The van der Waals surface area contributed by atoms with E-state index in [0.29, 0.717) is 18.6 Å². The summed E-state index contributed by atoms with van der Waals surface area (Å²) < 4.78 is 41.1. The summed E-state index contributed by atoms with van der Waals surface area (Å²) >= 11 is 0. The molecule has 0 aliphatic carbocycles. The van der Waals surface area contributed by atoms with Crippen molar-refractivity contribution in [1.82, 2.24) is 14.8 Å². The maximum Gasteiger partial charge on any atom is 0.375 e. The summed E-state index contributed by atoms with van der Waals surface area (Å²) in [5.41, 5.74) is -0.644. The average Bonchev–Trinajstić information content (AvgIpc) is 2.72. The Balaban J connectivity index is 2.65. The van der Waals surface area contributed by atoms with Crippen LogP contribution in [0.5, 0.6) is 0 Å². The fraction of sp³-hybridized carbons (Fsp3) is 0.250. The van der Waals surface area contributed by atoms with E-state index in [4.69, 9.17) is 5.11 Å². The maximum absolute atomic E-state index is 13.7. The molecule has 0 saturated carbocycles.